The summed E-state index contributed by atoms with van der Waals surface area (Å²) in [4.78, 5) is 14.3. The summed E-state index contributed by atoms with van der Waals surface area (Å²) in [6, 6.07) is 12.0. The fraction of sp³-hybridized carbons (Fsp3) is 0.353. The van der Waals surface area contributed by atoms with Crippen LogP contribution in [0.15, 0.2) is 40.8 Å². The Labute approximate surface area is 124 Å². The molecule has 1 aromatic heterocycles. The van der Waals surface area contributed by atoms with Crippen molar-refractivity contribution in [3.63, 3.8) is 0 Å². The highest BCUT2D eigenvalue weighted by atomic mass is 16.3. The average Bonchev–Trinajstić information content (AvgIpc) is 2.91. The van der Waals surface area contributed by atoms with E-state index < -0.39 is 0 Å². The van der Waals surface area contributed by atoms with Gasteiger partial charge in [0.2, 0.25) is 5.91 Å². The summed E-state index contributed by atoms with van der Waals surface area (Å²) >= 11 is 0. The van der Waals surface area contributed by atoms with Gasteiger partial charge >= 0.3 is 0 Å². The largest absolute Gasteiger partial charge is 0.464 e. The van der Waals surface area contributed by atoms with Crippen LogP contribution in [-0.4, -0.2) is 23.9 Å². The monoisotopic (exact) mass is 284 g/mol. The number of hydrogen-bond donors (Lipinski definition) is 1. The van der Waals surface area contributed by atoms with Gasteiger partial charge in [0.15, 0.2) is 0 Å². The Kier molecular flexibility index (Phi) is 3.80. The molecule has 0 saturated carbocycles. The van der Waals surface area contributed by atoms with Crippen molar-refractivity contribution in [2.24, 2.45) is 0 Å². The highest BCUT2D eigenvalue weighted by molar-refractivity contribution is 5.82. The first-order valence-corrected chi connectivity index (χ1v) is 7.24. The van der Waals surface area contributed by atoms with Crippen LogP contribution in [0.1, 0.15) is 22.6 Å². The summed E-state index contributed by atoms with van der Waals surface area (Å²) in [7, 11) is 1.82. The highest BCUT2D eigenvalue weighted by Gasteiger charge is 2.26. The predicted molar refractivity (Wildman–Crippen MR) is 80.7 cm³/mol. The smallest absolute Gasteiger partial charge is 0.240 e. The second-order valence-corrected chi connectivity index (χ2v) is 5.61. The van der Waals surface area contributed by atoms with E-state index in [-0.39, 0.29) is 11.9 Å². The zero-order valence-electron chi connectivity index (χ0n) is 12.4. The van der Waals surface area contributed by atoms with Gasteiger partial charge in [-0.3, -0.25) is 4.79 Å². The lowest BCUT2D eigenvalue weighted by Gasteiger charge is -2.28. The molecule has 110 valence electrons. The predicted octanol–water partition coefficient (Wildman–Crippen LogP) is 2.26. The van der Waals surface area contributed by atoms with Crippen LogP contribution in [0.3, 0.4) is 0 Å². The molecule has 1 aliphatic rings. The first-order chi connectivity index (χ1) is 10.1. The normalized spacial score (nSPS) is 17.3. The number of hydrogen-bond acceptors (Lipinski definition) is 3. The Morgan fingerprint density at radius 3 is 2.76 bits per heavy atom. The zero-order valence-corrected chi connectivity index (χ0v) is 12.4. The molecular formula is C17H20N2O2. The van der Waals surface area contributed by atoms with Gasteiger partial charge in [0.1, 0.15) is 11.5 Å². The first-order valence-electron chi connectivity index (χ1n) is 7.24. The van der Waals surface area contributed by atoms with Crippen LogP contribution in [0.25, 0.3) is 0 Å². The molecule has 1 aliphatic heterocycles. The number of fused-ring (bicyclic) bond motifs is 1. The first kappa shape index (κ1) is 13.9. The molecule has 2 heterocycles. The van der Waals surface area contributed by atoms with E-state index in [1.54, 1.807) is 4.90 Å². The van der Waals surface area contributed by atoms with Crippen molar-refractivity contribution in [1.29, 1.82) is 0 Å². The Hall–Kier alpha value is -2.07. The van der Waals surface area contributed by atoms with Crippen molar-refractivity contribution in [2.75, 3.05) is 7.05 Å². The van der Waals surface area contributed by atoms with Crippen LogP contribution in [0.5, 0.6) is 0 Å². The maximum absolute atomic E-state index is 12.5. The molecule has 1 N–H and O–H groups in total. The minimum Gasteiger partial charge on any atom is -0.464 e. The van der Waals surface area contributed by atoms with Gasteiger partial charge in [-0.15, -0.1) is 0 Å². The van der Waals surface area contributed by atoms with Crippen LogP contribution >= 0.6 is 0 Å². The molecule has 1 amide bonds. The molecule has 0 radical (unpaired) electrons. The van der Waals surface area contributed by atoms with Crippen molar-refractivity contribution in [2.45, 2.75) is 32.5 Å². The zero-order chi connectivity index (χ0) is 14.8. The average molecular weight is 284 g/mol. The van der Waals surface area contributed by atoms with Crippen LogP contribution in [0.2, 0.25) is 0 Å². The number of aryl methyl sites for hydroxylation is 1. The summed E-state index contributed by atoms with van der Waals surface area (Å²) in [5, 5.41) is 3.33. The number of carbonyl (C=O) groups excluding carboxylic acids is 1. The van der Waals surface area contributed by atoms with Gasteiger partial charge in [-0.1, -0.05) is 24.3 Å². The number of rotatable bonds is 3. The Bertz CT molecular complexity index is 648. The fourth-order valence-electron chi connectivity index (χ4n) is 2.78. The molecule has 1 aromatic carbocycles. The molecule has 4 heteroatoms. The molecule has 1 atom stereocenters. The maximum Gasteiger partial charge on any atom is 0.240 e. The Morgan fingerprint density at radius 1 is 1.29 bits per heavy atom. The van der Waals surface area contributed by atoms with E-state index in [2.05, 4.69) is 17.4 Å². The number of nitrogens with one attached hydrogen (secondary N) is 1. The molecule has 0 aliphatic carbocycles. The lowest BCUT2D eigenvalue weighted by atomic mass is 9.95. The topological polar surface area (TPSA) is 45.5 Å². The fourth-order valence-corrected chi connectivity index (χ4v) is 2.78. The number of carbonyl (C=O) groups is 1. The summed E-state index contributed by atoms with van der Waals surface area (Å²) in [6.45, 7) is 3.16. The quantitative estimate of drug-likeness (QED) is 0.940. The SMILES string of the molecule is Cc1ccc(CN(C)C(=O)[C@@H]2Cc3ccccc3CN2)o1. The molecule has 3 rings (SSSR count). The van der Waals surface area contributed by atoms with Gasteiger partial charge in [-0.25, -0.2) is 0 Å². The van der Waals surface area contributed by atoms with E-state index in [1.807, 2.05) is 38.2 Å². The van der Waals surface area contributed by atoms with Gasteiger partial charge in [-0.05, 0) is 36.6 Å². The Morgan fingerprint density at radius 2 is 2.05 bits per heavy atom. The number of furan rings is 1. The van der Waals surface area contributed by atoms with Crippen molar-refractivity contribution in [3.05, 3.63) is 59.0 Å². The van der Waals surface area contributed by atoms with E-state index >= 15 is 0 Å². The third-order valence-electron chi connectivity index (χ3n) is 3.94. The molecular weight excluding hydrogens is 264 g/mol. The summed E-state index contributed by atoms with van der Waals surface area (Å²) in [5.41, 5.74) is 2.54. The second kappa shape index (κ2) is 5.74. The molecule has 0 saturated heterocycles. The maximum atomic E-state index is 12.5. The van der Waals surface area contributed by atoms with E-state index in [0.717, 1.165) is 24.5 Å². The summed E-state index contributed by atoms with van der Waals surface area (Å²) < 4.78 is 5.53. The van der Waals surface area contributed by atoms with Crippen LogP contribution in [-0.2, 0) is 24.3 Å². The molecule has 0 fully saturated rings. The van der Waals surface area contributed by atoms with Crippen LogP contribution in [0.4, 0.5) is 0 Å². The third kappa shape index (κ3) is 3.00. The minimum atomic E-state index is -0.152. The van der Waals surface area contributed by atoms with Crippen molar-refractivity contribution < 1.29 is 9.21 Å². The standard InChI is InChI=1S/C17H20N2O2/c1-12-7-8-15(21-12)11-19(2)17(20)16-9-13-5-3-4-6-14(13)10-18-16/h3-8,16,18H,9-11H2,1-2H3/t16-/m0/s1. The van der Waals surface area contributed by atoms with Crippen molar-refractivity contribution in [3.8, 4) is 0 Å². The van der Waals surface area contributed by atoms with E-state index in [1.165, 1.54) is 11.1 Å². The molecule has 21 heavy (non-hydrogen) atoms. The van der Waals surface area contributed by atoms with Gasteiger partial charge < -0.3 is 14.6 Å². The van der Waals surface area contributed by atoms with Crippen LogP contribution < -0.4 is 5.32 Å². The third-order valence-corrected chi connectivity index (χ3v) is 3.94. The number of amides is 1. The molecule has 2 aromatic rings. The van der Waals surface area contributed by atoms with Gasteiger partial charge in [0.05, 0.1) is 12.6 Å². The Balaban J connectivity index is 1.66. The molecule has 4 nitrogen and oxygen atoms in total. The van der Waals surface area contributed by atoms with Gasteiger partial charge in [0.25, 0.3) is 0 Å². The molecule has 0 spiro atoms. The lowest BCUT2D eigenvalue weighted by Crippen LogP contribution is -2.47. The minimum absolute atomic E-state index is 0.110. The second-order valence-electron chi connectivity index (χ2n) is 5.61. The highest BCUT2D eigenvalue weighted by Crippen LogP contribution is 2.18. The number of likely N-dealkylation sites (N-methyl/N-ethyl adjacent to an activating group) is 1. The summed E-state index contributed by atoms with van der Waals surface area (Å²) in [5.74, 6) is 1.80. The molecule has 0 bridgehead atoms. The number of nitrogens with zero attached hydrogens (tertiary/aromatic N) is 1. The van der Waals surface area contributed by atoms with Crippen molar-refractivity contribution >= 4 is 5.91 Å². The van der Waals surface area contributed by atoms with E-state index in [9.17, 15) is 4.79 Å². The van der Waals surface area contributed by atoms with E-state index in [0.29, 0.717) is 6.54 Å². The van der Waals surface area contributed by atoms with Crippen LogP contribution in [0, 0.1) is 6.92 Å². The summed E-state index contributed by atoms with van der Waals surface area (Å²) in [6.07, 6.45) is 0.747. The lowest BCUT2D eigenvalue weighted by molar-refractivity contribution is -0.133. The van der Waals surface area contributed by atoms with Crippen molar-refractivity contribution in [1.82, 2.24) is 10.2 Å². The van der Waals surface area contributed by atoms with E-state index in [4.69, 9.17) is 4.42 Å². The van der Waals surface area contributed by atoms with Gasteiger partial charge in [0, 0.05) is 13.6 Å². The number of benzene rings is 1. The van der Waals surface area contributed by atoms with Gasteiger partial charge in [-0.2, -0.15) is 0 Å². The molecule has 0 unspecified atom stereocenters.